The molecule has 1 aliphatic rings. The van der Waals surface area contributed by atoms with E-state index in [-0.39, 0.29) is 18.4 Å². The van der Waals surface area contributed by atoms with Gasteiger partial charge in [-0.3, -0.25) is 9.59 Å². The third-order valence-electron chi connectivity index (χ3n) is 2.02. The van der Waals surface area contributed by atoms with Crippen LogP contribution in [0.2, 0.25) is 0 Å². The molecule has 1 heterocycles. The molecule has 0 bridgehead atoms. The first kappa shape index (κ1) is 11.0. The lowest BCUT2D eigenvalue weighted by atomic mass is 10.2. The predicted molar refractivity (Wildman–Crippen MR) is 48.3 cm³/mol. The molecule has 5 nitrogen and oxygen atoms in total. The standard InChI is InChI=1S/C9H15NO4/c1-2-3-4-13-9-7(10-6-11)5-8(12)14-9/h6-7,9H,2-5H2,1H3,(H,10,11)/t7-,9+/m0/s1. The topological polar surface area (TPSA) is 64.6 Å². The van der Waals surface area contributed by atoms with E-state index >= 15 is 0 Å². The molecule has 0 radical (unpaired) electrons. The molecule has 1 fully saturated rings. The van der Waals surface area contributed by atoms with E-state index < -0.39 is 6.29 Å². The van der Waals surface area contributed by atoms with Gasteiger partial charge in [-0.25, -0.2) is 0 Å². The number of hydrogen-bond donors (Lipinski definition) is 1. The molecule has 1 amide bonds. The van der Waals surface area contributed by atoms with Crippen LogP contribution >= 0.6 is 0 Å². The summed E-state index contributed by atoms with van der Waals surface area (Å²) in [5.74, 6) is -0.328. The fourth-order valence-corrected chi connectivity index (χ4v) is 1.25. The first-order chi connectivity index (χ1) is 6.77. The minimum Gasteiger partial charge on any atom is -0.433 e. The van der Waals surface area contributed by atoms with Crippen LogP contribution in [0.4, 0.5) is 0 Å². The lowest BCUT2D eigenvalue weighted by Gasteiger charge is -2.16. The van der Waals surface area contributed by atoms with E-state index in [1.807, 2.05) is 6.92 Å². The number of cyclic esters (lactones) is 1. The first-order valence-corrected chi connectivity index (χ1v) is 4.78. The van der Waals surface area contributed by atoms with Gasteiger partial charge in [-0.1, -0.05) is 13.3 Å². The lowest BCUT2D eigenvalue weighted by molar-refractivity contribution is -0.165. The van der Waals surface area contributed by atoms with Crippen LogP contribution in [0.1, 0.15) is 26.2 Å². The SMILES string of the molecule is CCCCO[C@@H]1OC(=O)C[C@@H]1NC=O. The van der Waals surface area contributed by atoms with E-state index in [2.05, 4.69) is 5.32 Å². The van der Waals surface area contributed by atoms with Crippen LogP contribution in [0.3, 0.4) is 0 Å². The van der Waals surface area contributed by atoms with Crippen LogP contribution in [0.25, 0.3) is 0 Å². The van der Waals surface area contributed by atoms with Crippen molar-refractivity contribution in [2.75, 3.05) is 6.61 Å². The van der Waals surface area contributed by atoms with E-state index in [1.54, 1.807) is 0 Å². The highest BCUT2D eigenvalue weighted by molar-refractivity contribution is 5.73. The van der Waals surface area contributed by atoms with Gasteiger partial charge in [0.05, 0.1) is 13.0 Å². The Balaban J connectivity index is 2.32. The first-order valence-electron chi connectivity index (χ1n) is 4.78. The maximum atomic E-state index is 10.9. The summed E-state index contributed by atoms with van der Waals surface area (Å²) in [6.45, 7) is 2.59. The van der Waals surface area contributed by atoms with Crippen molar-refractivity contribution in [2.24, 2.45) is 0 Å². The average Bonchev–Trinajstić information content (AvgIpc) is 2.48. The zero-order chi connectivity index (χ0) is 10.4. The molecule has 2 atom stereocenters. The van der Waals surface area contributed by atoms with Crippen LogP contribution in [-0.2, 0) is 19.1 Å². The molecule has 14 heavy (non-hydrogen) atoms. The minimum absolute atomic E-state index is 0.190. The number of carbonyl (C=O) groups excluding carboxylic acids is 2. The van der Waals surface area contributed by atoms with Crippen LogP contribution < -0.4 is 5.32 Å². The summed E-state index contributed by atoms with van der Waals surface area (Å²) in [5.41, 5.74) is 0. The number of amides is 1. The van der Waals surface area contributed by atoms with Crippen molar-refractivity contribution in [3.63, 3.8) is 0 Å². The molecule has 0 spiro atoms. The summed E-state index contributed by atoms with van der Waals surface area (Å²) in [7, 11) is 0. The Morgan fingerprint density at radius 1 is 1.71 bits per heavy atom. The van der Waals surface area contributed by atoms with Crippen LogP contribution in [-0.4, -0.2) is 31.3 Å². The molecule has 1 N–H and O–H groups in total. The number of ether oxygens (including phenoxy) is 2. The van der Waals surface area contributed by atoms with Gasteiger partial charge in [0.15, 0.2) is 0 Å². The molecule has 0 aliphatic carbocycles. The van der Waals surface area contributed by atoms with Gasteiger partial charge in [-0.15, -0.1) is 0 Å². The molecule has 1 aliphatic heterocycles. The van der Waals surface area contributed by atoms with Crippen molar-refractivity contribution < 1.29 is 19.1 Å². The van der Waals surface area contributed by atoms with Crippen LogP contribution in [0, 0.1) is 0 Å². The highest BCUT2D eigenvalue weighted by atomic mass is 16.7. The maximum absolute atomic E-state index is 10.9. The van der Waals surface area contributed by atoms with Crippen molar-refractivity contribution in [3.05, 3.63) is 0 Å². The third kappa shape index (κ3) is 2.99. The second-order valence-corrected chi connectivity index (χ2v) is 3.18. The Morgan fingerprint density at radius 2 is 2.50 bits per heavy atom. The summed E-state index contributed by atoms with van der Waals surface area (Å²) in [6.07, 6.45) is 2.08. The van der Waals surface area contributed by atoms with E-state index in [1.165, 1.54) is 0 Å². The van der Waals surface area contributed by atoms with E-state index in [9.17, 15) is 9.59 Å². The normalized spacial score (nSPS) is 25.9. The highest BCUT2D eigenvalue weighted by Gasteiger charge is 2.35. The predicted octanol–water partition coefficient (Wildman–Crippen LogP) is 0.191. The summed E-state index contributed by atoms with van der Waals surface area (Å²) < 4.78 is 10.2. The van der Waals surface area contributed by atoms with Gasteiger partial charge < -0.3 is 14.8 Å². The van der Waals surface area contributed by atoms with E-state index in [0.29, 0.717) is 13.0 Å². The summed E-state index contributed by atoms with van der Waals surface area (Å²) in [4.78, 5) is 21.1. The van der Waals surface area contributed by atoms with E-state index in [0.717, 1.165) is 12.8 Å². The summed E-state index contributed by atoms with van der Waals surface area (Å²) >= 11 is 0. The molecule has 0 unspecified atom stereocenters. The number of rotatable bonds is 6. The third-order valence-corrected chi connectivity index (χ3v) is 2.02. The molecule has 1 rings (SSSR count). The highest BCUT2D eigenvalue weighted by Crippen LogP contribution is 2.16. The minimum atomic E-state index is -0.612. The lowest BCUT2D eigenvalue weighted by Crippen LogP contribution is -2.37. The smallest absolute Gasteiger partial charge is 0.310 e. The quantitative estimate of drug-likeness (QED) is 0.378. The number of unbranched alkanes of at least 4 members (excludes halogenated alkanes) is 1. The zero-order valence-corrected chi connectivity index (χ0v) is 8.19. The number of carbonyl (C=O) groups is 2. The molecule has 1 saturated heterocycles. The van der Waals surface area contributed by atoms with Crippen molar-refractivity contribution >= 4 is 12.4 Å². The van der Waals surface area contributed by atoms with Crippen molar-refractivity contribution in [3.8, 4) is 0 Å². The summed E-state index contributed by atoms with van der Waals surface area (Å²) in [5, 5.41) is 2.50. The molecule has 0 aromatic rings. The Bertz CT molecular complexity index is 207. The Hall–Kier alpha value is -1.10. The second-order valence-electron chi connectivity index (χ2n) is 3.18. The molecule has 0 saturated carbocycles. The van der Waals surface area contributed by atoms with Gasteiger partial charge in [0, 0.05) is 0 Å². The Labute approximate surface area is 82.8 Å². The van der Waals surface area contributed by atoms with Gasteiger partial charge in [0.1, 0.15) is 6.04 Å². The summed E-state index contributed by atoms with van der Waals surface area (Å²) in [6, 6.07) is -0.336. The Kier molecular flexibility index (Phi) is 4.39. The molecular weight excluding hydrogens is 186 g/mol. The van der Waals surface area contributed by atoms with Crippen molar-refractivity contribution in [1.82, 2.24) is 5.32 Å². The average molecular weight is 201 g/mol. The largest absolute Gasteiger partial charge is 0.433 e. The molecule has 80 valence electrons. The van der Waals surface area contributed by atoms with Gasteiger partial charge in [-0.05, 0) is 6.42 Å². The number of esters is 1. The Morgan fingerprint density at radius 3 is 3.14 bits per heavy atom. The molecule has 0 aromatic heterocycles. The van der Waals surface area contributed by atoms with Crippen molar-refractivity contribution in [1.29, 1.82) is 0 Å². The number of hydrogen-bond acceptors (Lipinski definition) is 4. The van der Waals surface area contributed by atoms with Gasteiger partial charge in [-0.2, -0.15) is 0 Å². The second kappa shape index (κ2) is 5.59. The fourth-order valence-electron chi connectivity index (χ4n) is 1.25. The van der Waals surface area contributed by atoms with Crippen LogP contribution in [0.15, 0.2) is 0 Å². The monoisotopic (exact) mass is 201 g/mol. The van der Waals surface area contributed by atoms with Gasteiger partial charge in [0.2, 0.25) is 12.7 Å². The fraction of sp³-hybridized carbons (Fsp3) is 0.778. The number of nitrogens with one attached hydrogen (secondary N) is 1. The molecular formula is C9H15NO4. The molecule has 0 aromatic carbocycles. The zero-order valence-electron chi connectivity index (χ0n) is 8.19. The van der Waals surface area contributed by atoms with Crippen molar-refractivity contribution in [2.45, 2.75) is 38.5 Å². The maximum Gasteiger partial charge on any atom is 0.310 e. The van der Waals surface area contributed by atoms with Gasteiger partial charge >= 0.3 is 5.97 Å². The van der Waals surface area contributed by atoms with Crippen LogP contribution in [0.5, 0.6) is 0 Å². The van der Waals surface area contributed by atoms with Gasteiger partial charge in [0.25, 0.3) is 0 Å². The van der Waals surface area contributed by atoms with E-state index in [4.69, 9.17) is 9.47 Å². The molecule has 5 heteroatoms.